The average molecular weight is 434 g/mol. The summed E-state index contributed by atoms with van der Waals surface area (Å²) >= 11 is 12.3. The van der Waals surface area contributed by atoms with Crippen molar-refractivity contribution in [1.82, 2.24) is 24.1 Å². The van der Waals surface area contributed by atoms with Crippen LogP contribution in [-0.2, 0) is 25.9 Å². The molecule has 0 aliphatic carbocycles. The van der Waals surface area contributed by atoms with Gasteiger partial charge in [-0.15, -0.1) is 0 Å². The van der Waals surface area contributed by atoms with Crippen LogP contribution in [-0.4, -0.2) is 24.1 Å². The molecule has 29 heavy (non-hydrogen) atoms. The summed E-state index contributed by atoms with van der Waals surface area (Å²) in [5, 5.41) is 1.15. The SMILES string of the molecule is CCn1c(Cc2ccc(Cl)cc2Cl)cn(CCc2nc3nc(F)ccc3[nH]2)c1=O. The number of benzene rings is 1. The van der Waals surface area contributed by atoms with E-state index in [9.17, 15) is 9.18 Å². The zero-order chi connectivity index (χ0) is 20.5. The van der Waals surface area contributed by atoms with E-state index in [1.807, 2.05) is 19.2 Å². The van der Waals surface area contributed by atoms with Gasteiger partial charge in [-0.3, -0.25) is 9.13 Å². The summed E-state index contributed by atoms with van der Waals surface area (Å²) in [7, 11) is 0. The molecule has 4 rings (SSSR count). The van der Waals surface area contributed by atoms with Crippen molar-refractivity contribution < 1.29 is 4.39 Å². The molecular formula is C20H18Cl2FN5O. The molecule has 0 aliphatic rings. The van der Waals surface area contributed by atoms with Crippen LogP contribution < -0.4 is 5.69 Å². The van der Waals surface area contributed by atoms with E-state index in [4.69, 9.17) is 23.2 Å². The van der Waals surface area contributed by atoms with Crippen molar-refractivity contribution >= 4 is 34.4 Å². The van der Waals surface area contributed by atoms with Gasteiger partial charge in [0.05, 0.1) is 5.52 Å². The van der Waals surface area contributed by atoms with Gasteiger partial charge < -0.3 is 4.98 Å². The third-order valence-corrected chi connectivity index (χ3v) is 5.37. The topological polar surface area (TPSA) is 68.5 Å². The highest BCUT2D eigenvalue weighted by Gasteiger charge is 2.13. The second-order valence-electron chi connectivity index (χ2n) is 6.69. The van der Waals surface area contributed by atoms with Crippen molar-refractivity contribution in [1.29, 1.82) is 0 Å². The summed E-state index contributed by atoms with van der Waals surface area (Å²) in [4.78, 5) is 23.9. The van der Waals surface area contributed by atoms with Crippen molar-refractivity contribution in [3.8, 4) is 0 Å². The van der Waals surface area contributed by atoms with Crippen LogP contribution in [0.25, 0.3) is 11.2 Å². The van der Waals surface area contributed by atoms with E-state index in [0.717, 1.165) is 11.3 Å². The number of nitrogens with zero attached hydrogens (tertiary/aromatic N) is 4. The first-order valence-electron chi connectivity index (χ1n) is 9.18. The van der Waals surface area contributed by atoms with Gasteiger partial charge in [0.2, 0.25) is 5.95 Å². The van der Waals surface area contributed by atoms with Crippen LogP contribution in [0, 0.1) is 5.95 Å². The van der Waals surface area contributed by atoms with Crippen LogP contribution in [0.4, 0.5) is 4.39 Å². The Morgan fingerprint density at radius 1 is 1.17 bits per heavy atom. The predicted molar refractivity (Wildman–Crippen MR) is 111 cm³/mol. The second-order valence-corrected chi connectivity index (χ2v) is 7.54. The number of H-pyrrole nitrogens is 1. The lowest BCUT2D eigenvalue weighted by Gasteiger charge is -2.06. The molecule has 0 aliphatic heterocycles. The molecule has 0 saturated carbocycles. The van der Waals surface area contributed by atoms with Crippen LogP contribution in [0.15, 0.2) is 41.3 Å². The number of hydrogen-bond acceptors (Lipinski definition) is 3. The Morgan fingerprint density at radius 2 is 2.00 bits per heavy atom. The van der Waals surface area contributed by atoms with E-state index in [-0.39, 0.29) is 5.69 Å². The van der Waals surface area contributed by atoms with Crippen molar-refractivity contribution in [2.75, 3.05) is 0 Å². The maximum Gasteiger partial charge on any atom is 0.328 e. The van der Waals surface area contributed by atoms with Crippen LogP contribution in [0.1, 0.15) is 24.0 Å². The highest BCUT2D eigenvalue weighted by molar-refractivity contribution is 6.35. The van der Waals surface area contributed by atoms with E-state index < -0.39 is 5.95 Å². The molecule has 0 amide bonds. The number of aromatic nitrogens is 5. The van der Waals surface area contributed by atoms with Gasteiger partial charge >= 0.3 is 5.69 Å². The lowest BCUT2D eigenvalue weighted by atomic mass is 10.1. The Hall–Kier alpha value is -2.64. The Kier molecular flexibility index (Phi) is 5.43. The molecule has 0 unspecified atom stereocenters. The molecule has 150 valence electrons. The average Bonchev–Trinajstić information content (AvgIpc) is 3.22. The van der Waals surface area contributed by atoms with Gasteiger partial charge in [-0.05, 0) is 36.8 Å². The van der Waals surface area contributed by atoms with E-state index in [1.165, 1.54) is 6.07 Å². The summed E-state index contributed by atoms with van der Waals surface area (Å²) < 4.78 is 16.6. The lowest BCUT2D eigenvalue weighted by molar-refractivity contribution is 0.588. The van der Waals surface area contributed by atoms with Crippen LogP contribution >= 0.6 is 23.2 Å². The fourth-order valence-corrected chi connectivity index (χ4v) is 3.82. The number of rotatable bonds is 6. The first kappa shape index (κ1) is 19.7. The smallest absolute Gasteiger partial charge is 0.328 e. The minimum absolute atomic E-state index is 0.0899. The summed E-state index contributed by atoms with van der Waals surface area (Å²) in [5.41, 5.74) is 2.68. The number of aryl methyl sites for hydroxylation is 2. The molecule has 3 heterocycles. The summed E-state index contributed by atoms with van der Waals surface area (Å²) in [6.45, 7) is 2.92. The molecule has 0 saturated heterocycles. The van der Waals surface area contributed by atoms with E-state index in [1.54, 1.807) is 27.3 Å². The zero-order valence-corrected chi connectivity index (χ0v) is 17.1. The quantitative estimate of drug-likeness (QED) is 0.462. The molecule has 0 atom stereocenters. The molecular weight excluding hydrogens is 416 g/mol. The van der Waals surface area contributed by atoms with Crippen molar-refractivity contribution in [3.05, 3.63) is 80.1 Å². The second kappa shape index (κ2) is 8.00. The molecule has 0 spiro atoms. The first-order valence-corrected chi connectivity index (χ1v) is 9.94. The number of hydrogen-bond donors (Lipinski definition) is 1. The Bertz CT molecular complexity index is 1240. The summed E-state index contributed by atoms with van der Waals surface area (Å²) in [5.74, 6) is 0.0776. The van der Waals surface area contributed by atoms with Crippen LogP contribution in [0.5, 0.6) is 0 Å². The summed E-state index contributed by atoms with van der Waals surface area (Å²) in [6, 6.07) is 8.23. The van der Waals surface area contributed by atoms with Gasteiger partial charge in [0, 0.05) is 47.9 Å². The van der Waals surface area contributed by atoms with Gasteiger partial charge in [0.25, 0.3) is 0 Å². The number of imidazole rings is 2. The fraction of sp³-hybridized carbons (Fsp3) is 0.250. The van der Waals surface area contributed by atoms with Gasteiger partial charge in [-0.2, -0.15) is 9.37 Å². The highest BCUT2D eigenvalue weighted by atomic mass is 35.5. The molecule has 1 N–H and O–H groups in total. The maximum absolute atomic E-state index is 13.2. The van der Waals surface area contributed by atoms with E-state index >= 15 is 0 Å². The minimum Gasteiger partial charge on any atom is -0.341 e. The Morgan fingerprint density at radius 3 is 2.76 bits per heavy atom. The lowest BCUT2D eigenvalue weighted by Crippen LogP contribution is -2.25. The molecule has 9 heteroatoms. The van der Waals surface area contributed by atoms with Crippen LogP contribution in [0.3, 0.4) is 0 Å². The number of nitrogens with one attached hydrogen (secondary N) is 1. The zero-order valence-electron chi connectivity index (χ0n) is 15.6. The molecule has 3 aromatic heterocycles. The summed E-state index contributed by atoms with van der Waals surface area (Å²) in [6.07, 6.45) is 2.87. The highest BCUT2D eigenvalue weighted by Crippen LogP contribution is 2.23. The molecule has 0 radical (unpaired) electrons. The van der Waals surface area contributed by atoms with Crippen LogP contribution in [0.2, 0.25) is 10.0 Å². The van der Waals surface area contributed by atoms with Gasteiger partial charge in [-0.1, -0.05) is 29.3 Å². The van der Waals surface area contributed by atoms with Gasteiger partial charge in [-0.25, -0.2) is 9.78 Å². The normalized spacial score (nSPS) is 11.4. The van der Waals surface area contributed by atoms with Crippen molar-refractivity contribution in [2.24, 2.45) is 0 Å². The van der Waals surface area contributed by atoms with Gasteiger partial charge in [0.15, 0.2) is 5.65 Å². The molecule has 0 fully saturated rings. The molecule has 4 aromatic rings. The number of halogens is 3. The number of pyridine rings is 1. The first-order chi connectivity index (χ1) is 13.9. The monoisotopic (exact) mass is 433 g/mol. The fourth-order valence-electron chi connectivity index (χ4n) is 3.35. The minimum atomic E-state index is -0.572. The molecule has 0 bridgehead atoms. The van der Waals surface area contributed by atoms with Crippen molar-refractivity contribution in [2.45, 2.75) is 32.9 Å². The third-order valence-electron chi connectivity index (χ3n) is 4.78. The van der Waals surface area contributed by atoms with E-state index in [2.05, 4.69) is 15.0 Å². The van der Waals surface area contributed by atoms with E-state index in [0.29, 0.717) is 53.0 Å². The third kappa shape index (κ3) is 4.06. The maximum atomic E-state index is 13.2. The molecule has 6 nitrogen and oxygen atoms in total. The largest absolute Gasteiger partial charge is 0.341 e. The molecule has 1 aromatic carbocycles. The Balaban J connectivity index is 1.56. The number of fused-ring (bicyclic) bond motifs is 1. The Labute approximate surface area is 175 Å². The number of aromatic amines is 1. The van der Waals surface area contributed by atoms with Crippen molar-refractivity contribution in [3.63, 3.8) is 0 Å². The predicted octanol–water partition coefficient (Wildman–Crippen LogP) is 4.22. The van der Waals surface area contributed by atoms with Gasteiger partial charge in [0.1, 0.15) is 5.82 Å². The standard InChI is InChI=1S/C20H18Cl2FN5O/c1-2-28-14(9-12-3-4-13(21)10-15(12)22)11-27(20(28)29)8-7-18-24-16-5-6-17(23)25-19(16)26-18/h3-6,10-11H,2,7-9H2,1H3,(H,24,25,26).